The summed E-state index contributed by atoms with van der Waals surface area (Å²) in [6.07, 6.45) is 13.5. The van der Waals surface area contributed by atoms with E-state index in [1.807, 2.05) is 0 Å². The minimum Gasteiger partial charge on any atom is -0.271 e. The molecule has 0 aromatic heterocycles. The zero-order valence-corrected chi connectivity index (χ0v) is 22.9. The molecule has 8 heteroatoms. The number of non-ortho nitro benzene ring substituents is 1. The number of rotatable bonds is 9. The maximum Gasteiger partial charge on any atom is 0.301 e. The van der Waals surface area contributed by atoms with Crippen molar-refractivity contribution in [2.24, 2.45) is 51.9 Å². The summed E-state index contributed by atoms with van der Waals surface area (Å²) in [5.41, 5.74) is 3.61. The normalized spacial score (nSPS) is 32.7. The Balaban J connectivity index is 1.48. The van der Waals surface area contributed by atoms with Crippen molar-refractivity contribution in [3.8, 4) is 0 Å². The minimum atomic E-state index is -0.633. The van der Waals surface area contributed by atoms with E-state index in [0.717, 1.165) is 29.5 Å². The summed E-state index contributed by atoms with van der Waals surface area (Å²) in [7, 11) is 0. The maximum absolute atomic E-state index is 11.5. The lowest BCUT2D eigenvalue weighted by atomic mass is 9.53. The molecule has 0 radical (unpaired) electrons. The molecule has 3 aliphatic carbocycles. The van der Waals surface area contributed by atoms with Crippen molar-refractivity contribution in [1.29, 1.82) is 0 Å². The molecule has 3 aliphatic rings. The van der Waals surface area contributed by atoms with E-state index in [1.54, 1.807) is 0 Å². The summed E-state index contributed by atoms with van der Waals surface area (Å²) in [6.45, 7) is 11.9. The number of benzene rings is 1. The van der Waals surface area contributed by atoms with Crippen LogP contribution in [0.25, 0.3) is 0 Å². The molecule has 1 aromatic carbocycles. The lowest BCUT2D eigenvalue weighted by Crippen LogP contribution is -2.46. The molecule has 2 saturated carbocycles. The molecular weight excluding hydrogens is 468 g/mol. The fraction of sp³-hybridized carbons (Fsp3) is 0.690. The quantitative estimate of drug-likeness (QED) is 0.267. The highest BCUT2D eigenvalue weighted by Gasteiger charge is 2.55. The van der Waals surface area contributed by atoms with Gasteiger partial charge in [0.25, 0.3) is 5.69 Å². The van der Waals surface area contributed by atoms with Crippen molar-refractivity contribution in [2.75, 3.05) is 5.43 Å². The molecule has 0 bridgehead atoms. The van der Waals surface area contributed by atoms with Crippen molar-refractivity contribution in [1.82, 2.24) is 0 Å². The van der Waals surface area contributed by atoms with Gasteiger partial charge in [0.15, 0.2) is 0 Å². The molecule has 37 heavy (non-hydrogen) atoms. The highest BCUT2D eigenvalue weighted by atomic mass is 16.6. The Morgan fingerprint density at radius 3 is 2.54 bits per heavy atom. The van der Waals surface area contributed by atoms with Gasteiger partial charge in [0.2, 0.25) is 0 Å². The Kier molecular flexibility index (Phi) is 8.05. The number of nitro groups is 2. The Morgan fingerprint density at radius 2 is 1.86 bits per heavy atom. The Morgan fingerprint density at radius 1 is 1.11 bits per heavy atom. The average molecular weight is 511 g/mol. The van der Waals surface area contributed by atoms with Crippen LogP contribution in [-0.4, -0.2) is 15.6 Å². The van der Waals surface area contributed by atoms with Crippen molar-refractivity contribution < 1.29 is 9.85 Å². The number of allylic oxidation sites excluding steroid dienone is 2. The third-order valence-corrected chi connectivity index (χ3v) is 9.88. The van der Waals surface area contributed by atoms with Crippen LogP contribution in [0, 0.1) is 67.1 Å². The highest BCUT2D eigenvalue weighted by molar-refractivity contribution is 5.98. The van der Waals surface area contributed by atoms with E-state index in [1.165, 1.54) is 57.1 Å². The van der Waals surface area contributed by atoms with Gasteiger partial charge in [-0.15, -0.1) is 0 Å². The highest BCUT2D eigenvalue weighted by Crippen LogP contribution is 2.63. The topological polar surface area (TPSA) is 111 Å². The van der Waals surface area contributed by atoms with Gasteiger partial charge in [-0.3, -0.25) is 25.7 Å². The van der Waals surface area contributed by atoms with Crippen LogP contribution in [0.1, 0.15) is 79.6 Å². The first-order chi connectivity index (χ1) is 17.5. The summed E-state index contributed by atoms with van der Waals surface area (Å²) < 4.78 is 0. The van der Waals surface area contributed by atoms with Crippen LogP contribution in [0.5, 0.6) is 0 Å². The fourth-order valence-corrected chi connectivity index (χ4v) is 7.83. The summed E-state index contributed by atoms with van der Waals surface area (Å²) in [5.74, 6) is 4.36. The summed E-state index contributed by atoms with van der Waals surface area (Å²) in [6, 6.07) is 3.59. The second-order valence-electron chi connectivity index (χ2n) is 12.4. The van der Waals surface area contributed by atoms with E-state index in [4.69, 9.17) is 0 Å². The van der Waals surface area contributed by atoms with E-state index in [2.05, 4.69) is 57.3 Å². The largest absolute Gasteiger partial charge is 0.301 e. The second kappa shape index (κ2) is 10.9. The molecule has 8 nitrogen and oxygen atoms in total. The van der Waals surface area contributed by atoms with Gasteiger partial charge < -0.3 is 0 Å². The first-order valence-electron chi connectivity index (χ1n) is 14.0. The molecule has 4 rings (SSSR count). The van der Waals surface area contributed by atoms with Crippen LogP contribution < -0.4 is 5.43 Å². The summed E-state index contributed by atoms with van der Waals surface area (Å²) in [4.78, 5) is 21.3. The third kappa shape index (κ3) is 5.43. The molecule has 202 valence electrons. The molecule has 0 unspecified atom stereocenters. The third-order valence-electron chi connectivity index (χ3n) is 9.88. The van der Waals surface area contributed by atoms with E-state index in [0.29, 0.717) is 23.2 Å². The molecule has 0 amide bonds. The number of hydrogen-bond acceptors (Lipinski definition) is 6. The monoisotopic (exact) mass is 510 g/mol. The Hall–Kier alpha value is -2.77. The van der Waals surface area contributed by atoms with E-state index in [-0.39, 0.29) is 23.0 Å². The van der Waals surface area contributed by atoms with Gasteiger partial charge in [-0.25, -0.2) is 0 Å². The molecule has 0 saturated heterocycles. The van der Waals surface area contributed by atoms with E-state index < -0.39 is 9.85 Å². The number of nitrogens with one attached hydrogen (secondary N) is 1. The molecule has 0 spiro atoms. The number of hydrazone groups is 1. The molecular formula is C29H42N4O4. The molecule has 1 aromatic rings. The van der Waals surface area contributed by atoms with Crippen LogP contribution >= 0.6 is 0 Å². The van der Waals surface area contributed by atoms with E-state index in [9.17, 15) is 20.2 Å². The SMILES string of the molecule is CC(C)CCC[C@@H](C)[C@@H]1CC[C@@H]2[C@@H]3C=C/C(=N\Nc4ccc([N+](=O)[O-])cc4[N+](=O)[O-])[C@@H](C)[C@@H]3CC[C@@]21C. The van der Waals surface area contributed by atoms with Crippen LogP contribution in [0.2, 0.25) is 0 Å². The number of fused-ring (bicyclic) bond motifs is 3. The predicted molar refractivity (Wildman–Crippen MR) is 148 cm³/mol. The Labute approximate surface area is 220 Å². The van der Waals surface area contributed by atoms with Crippen molar-refractivity contribution in [2.45, 2.75) is 79.6 Å². The number of nitrogens with zero attached hydrogens (tertiary/aromatic N) is 3. The van der Waals surface area contributed by atoms with Gasteiger partial charge in [-0.1, -0.05) is 60.0 Å². The lowest BCUT2D eigenvalue weighted by molar-refractivity contribution is -0.393. The summed E-state index contributed by atoms with van der Waals surface area (Å²) >= 11 is 0. The zero-order chi connectivity index (χ0) is 26.9. The van der Waals surface area contributed by atoms with Crippen molar-refractivity contribution in [3.05, 3.63) is 50.6 Å². The molecule has 2 fully saturated rings. The first kappa shape index (κ1) is 27.3. The van der Waals surface area contributed by atoms with Crippen LogP contribution in [-0.2, 0) is 0 Å². The van der Waals surface area contributed by atoms with Crippen molar-refractivity contribution in [3.63, 3.8) is 0 Å². The number of nitro benzene ring substituents is 2. The number of hydrogen-bond donors (Lipinski definition) is 1. The average Bonchev–Trinajstić information content (AvgIpc) is 3.20. The van der Waals surface area contributed by atoms with E-state index >= 15 is 0 Å². The van der Waals surface area contributed by atoms with Gasteiger partial charge in [0.1, 0.15) is 5.69 Å². The predicted octanol–water partition coefficient (Wildman–Crippen LogP) is 8.00. The Bertz CT molecular complexity index is 1080. The van der Waals surface area contributed by atoms with Crippen LogP contribution in [0.4, 0.5) is 17.1 Å². The zero-order valence-electron chi connectivity index (χ0n) is 22.9. The molecule has 0 heterocycles. The van der Waals surface area contributed by atoms with Gasteiger partial charge in [-0.2, -0.15) is 5.10 Å². The second-order valence-corrected chi connectivity index (χ2v) is 12.4. The summed E-state index contributed by atoms with van der Waals surface area (Å²) in [5, 5.41) is 27.0. The number of anilines is 1. The minimum absolute atomic E-state index is 0.159. The van der Waals surface area contributed by atoms with Crippen LogP contribution in [0.15, 0.2) is 35.5 Å². The molecule has 1 N–H and O–H groups in total. The standard InChI is InChI=1S/C29H42N4O4/c1-18(2)7-6-8-19(3)24-11-12-25-23-10-14-26(20(4)22(23)15-16-29(24,25)5)30-31-27-13-9-21(32(34)35)17-28(27)33(36)37/h9-10,13-14,17-20,22-25,31H,6-8,11-12,15-16H2,1-5H3/b30-26+/t19-,20+,22+,23-,24+,25-,29-/m1/s1. The molecule has 7 atom stereocenters. The molecule has 0 aliphatic heterocycles. The maximum atomic E-state index is 11.5. The van der Waals surface area contributed by atoms with Gasteiger partial charge >= 0.3 is 5.69 Å². The first-order valence-corrected chi connectivity index (χ1v) is 14.0. The van der Waals surface area contributed by atoms with Gasteiger partial charge in [0, 0.05) is 12.0 Å². The van der Waals surface area contributed by atoms with Crippen LogP contribution in [0.3, 0.4) is 0 Å². The van der Waals surface area contributed by atoms with Gasteiger partial charge in [0.05, 0.1) is 21.6 Å². The fourth-order valence-electron chi connectivity index (χ4n) is 7.83. The van der Waals surface area contributed by atoms with Gasteiger partial charge in [-0.05, 0) is 78.7 Å². The smallest absolute Gasteiger partial charge is 0.271 e. The van der Waals surface area contributed by atoms with Crippen molar-refractivity contribution >= 4 is 22.8 Å². The lowest BCUT2D eigenvalue weighted by Gasteiger charge is -2.51.